The van der Waals surface area contributed by atoms with Crippen LogP contribution in [-0.4, -0.2) is 34.4 Å². The Kier molecular flexibility index (Phi) is 6.10. The maximum atomic E-state index is 13.5. The molecular formula is C26H29N5O2S. The minimum absolute atomic E-state index is 0.196. The third-order valence-electron chi connectivity index (χ3n) is 6.53. The molecule has 2 atom stereocenters. The highest BCUT2D eigenvalue weighted by atomic mass is 32.2. The quantitative estimate of drug-likeness (QED) is 0.423. The van der Waals surface area contributed by atoms with Crippen molar-refractivity contribution in [3.63, 3.8) is 0 Å². The van der Waals surface area contributed by atoms with Crippen molar-refractivity contribution < 1.29 is 8.42 Å². The van der Waals surface area contributed by atoms with Gasteiger partial charge in [0.25, 0.3) is 10.0 Å². The van der Waals surface area contributed by atoms with Gasteiger partial charge in [0.05, 0.1) is 16.1 Å². The second kappa shape index (κ2) is 9.19. The molecular weight excluding hydrogens is 446 g/mol. The van der Waals surface area contributed by atoms with Gasteiger partial charge in [-0.1, -0.05) is 43.3 Å². The summed E-state index contributed by atoms with van der Waals surface area (Å²) in [5.41, 5.74) is 9.27. The van der Waals surface area contributed by atoms with Crippen LogP contribution >= 0.6 is 0 Å². The van der Waals surface area contributed by atoms with Gasteiger partial charge < -0.3 is 11.1 Å². The van der Waals surface area contributed by atoms with Gasteiger partial charge in [-0.3, -0.25) is 0 Å². The van der Waals surface area contributed by atoms with Gasteiger partial charge in [0.2, 0.25) is 5.95 Å². The van der Waals surface area contributed by atoms with Gasteiger partial charge in [0.1, 0.15) is 0 Å². The van der Waals surface area contributed by atoms with E-state index in [0.717, 1.165) is 54.3 Å². The Hall–Kier alpha value is -3.23. The summed E-state index contributed by atoms with van der Waals surface area (Å²) >= 11 is 0. The van der Waals surface area contributed by atoms with E-state index in [1.165, 1.54) is 3.97 Å². The fraction of sp³-hybridized carbons (Fsp3) is 0.308. The number of rotatable bonds is 6. The Morgan fingerprint density at radius 3 is 2.62 bits per heavy atom. The number of hydrogen-bond donors (Lipinski definition) is 2. The first kappa shape index (κ1) is 22.6. The summed E-state index contributed by atoms with van der Waals surface area (Å²) in [6.45, 7) is 2.05. The van der Waals surface area contributed by atoms with Crippen molar-refractivity contribution >= 4 is 26.9 Å². The summed E-state index contributed by atoms with van der Waals surface area (Å²) in [6.07, 6.45) is 8.33. The molecule has 2 aromatic heterocycles. The molecule has 0 spiro atoms. The molecule has 176 valence electrons. The molecule has 0 saturated heterocycles. The lowest BCUT2D eigenvalue weighted by molar-refractivity contribution is 0.408. The van der Waals surface area contributed by atoms with Crippen LogP contribution in [0.5, 0.6) is 0 Å². The number of aryl methyl sites for hydroxylation is 1. The van der Waals surface area contributed by atoms with Crippen molar-refractivity contribution in [2.45, 2.75) is 56.0 Å². The molecule has 5 rings (SSSR count). The van der Waals surface area contributed by atoms with Crippen molar-refractivity contribution in [1.29, 1.82) is 0 Å². The molecule has 7 nitrogen and oxygen atoms in total. The summed E-state index contributed by atoms with van der Waals surface area (Å²) in [6, 6.07) is 16.5. The second-order valence-electron chi connectivity index (χ2n) is 8.86. The molecule has 0 bridgehead atoms. The summed E-state index contributed by atoms with van der Waals surface area (Å²) in [5, 5.41) is 4.29. The van der Waals surface area contributed by atoms with E-state index in [4.69, 9.17) is 10.7 Å². The van der Waals surface area contributed by atoms with Crippen molar-refractivity contribution in [3.05, 3.63) is 72.6 Å². The van der Waals surface area contributed by atoms with Gasteiger partial charge in [0, 0.05) is 35.4 Å². The Bertz CT molecular complexity index is 1420. The molecule has 8 heteroatoms. The molecule has 0 aliphatic heterocycles. The Morgan fingerprint density at radius 2 is 1.85 bits per heavy atom. The van der Waals surface area contributed by atoms with Crippen LogP contribution in [0.1, 0.15) is 38.2 Å². The van der Waals surface area contributed by atoms with Crippen LogP contribution in [0.15, 0.2) is 71.9 Å². The maximum absolute atomic E-state index is 13.5. The van der Waals surface area contributed by atoms with Crippen molar-refractivity contribution in [3.8, 4) is 11.3 Å². The zero-order valence-electron chi connectivity index (χ0n) is 19.2. The molecule has 1 aliphatic carbocycles. The standard InChI is InChI=1S/C26H29N5O2S/c1-2-18-16-28-26(29-20-10-8-9-19(27)15-20)30-25(18)23-17-31(24-14-7-6-13-22(23)24)34(32,33)21-11-4-3-5-12-21/h3-7,11-14,16-17,19-20H,2,8-10,15,27H2,1H3,(H,28,29,30). The molecule has 2 unspecified atom stereocenters. The van der Waals surface area contributed by atoms with E-state index >= 15 is 0 Å². The molecule has 0 amide bonds. The summed E-state index contributed by atoms with van der Waals surface area (Å²) in [4.78, 5) is 9.68. The zero-order valence-corrected chi connectivity index (χ0v) is 20.0. The molecule has 2 aromatic carbocycles. The lowest BCUT2D eigenvalue weighted by atomic mass is 9.92. The van der Waals surface area contributed by atoms with Crippen LogP contribution in [0.3, 0.4) is 0 Å². The van der Waals surface area contributed by atoms with Crippen molar-refractivity contribution in [1.82, 2.24) is 13.9 Å². The molecule has 4 aromatic rings. The average Bonchev–Trinajstić information content (AvgIpc) is 3.25. The van der Waals surface area contributed by atoms with E-state index in [1.54, 1.807) is 36.5 Å². The number of nitrogens with one attached hydrogen (secondary N) is 1. The minimum Gasteiger partial charge on any atom is -0.351 e. The molecule has 1 aliphatic rings. The predicted molar refractivity (Wildman–Crippen MR) is 135 cm³/mol. The third kappa shape index (κ3) is 4.19. The van der Waals surface area contributed by atoms with Crippen LogP contribution in [0.2, 0.25) is 0 Å². The normalized spacial score (nSPS) is 18.8. The topological polar surface area (TPSA) is 103 Å². The Morgan fingerprint density at radius 1 is 1.09 bits per heavy atom. The first-order chi connectivity index (χ1) is 16.5. The minimum atomic E-state index is -3.77. The number of benzene rings is 2. The van der Waals surface area contributed by atoms with Gasteiger partial charge in [-0.05, 0) is 55.9 Å². The Balaban J connectivity index is 1.62. The van der Waals surface area contributed by atoms with Crippen molar-refractivity contribution in [2.75, 3.05) is 5.32 Å². The number of anilines is 1. The van der Waals surface area contributed by atoms with E-state index in [-0.39, 0.29) is 17.0 Å². The van der Waals surface area contributed by atoms with Gasteiger partial charge >= 0.3 is 0 Å². The fourth-order valence-electron chi connectivity index (χ4n) is 4.75. The summed E-state index contributed by atoms with van der Waals surface area (Å²) in [5.74, 6) is 0.550. The fourth-order valence-corrected chi connectivity index (χ4v) is 6.14. The molecule has 1 fully saturated rings. The Labute approximate surface area is 200 Å². The molecule has 34 heavy (non-hydrogen) atoms. The number of nitrogens with zero attached hydrogens (tertiary/aromatic N) is 3. The van der Waals surface area contributed by atoms with E-state index < -0.39 is 10.0 Å². The van der Waals surface area contributed by atoms with Gasteiger partial charge in [-0.15, -0.1) is 0 Å². The average molecular weight is 476 g/mol. The number of para-hydroxylation sites is 1. The number of aromatic nitrogens is 3. The van der Waals surface area contributed by atoms with Crippen LogP contribution in [0.4, 0.5) is 5.95 Å². The van der Waals surface area contributed by atoms with Gasteiger partial charge in [-0.25, -0.2) is 22.4 Å². The van der Waals surface area contributed by atoms with E-state index in [1.807, 2.05) is 30.5 Å². The summed E-state index contributed by atoms with van der Waals surface area (Å²) in [7, 11) is -3.77. The monoisotopic (exact) mass is 475 g/mol. The number of nitrogens with two attached hydrogens (primary N) is 1. The molecule has 2 heterocycles. The van der Waals surface area contributed by atoms with Gasteiger partial charge in [0.15, 0.2) is 0 Å². The highest BCUT2D eigenvalue weighted by Crippen LogP contribution is 2.34. The maximum Gasteiger partial charge on any atom is 0.268 e. The summed E-state index contributed by atoms with van der Waals surface area (Å²) < 4.78 is 28.4. The lowest BCUT2D eigenvalue weighted by Crippen LogP contribution is -2.35. The van der Waals surface area contributed by atoms with Crippen LogP contribution < -0.4 is 11.1 Å². The molecule has 3 N–H and O–H groups in total. The van der Waals surface area contributed by atoms with Gasteiger partial charge in [-0.2, -0.15) is 0 Å². The smallest absolute Gasteiger partial charge is 0.268 e. The van der Waals surface area contributed by atoms with E-state index in [9.17, 15) is 8.42 Å². The SMILES string of the molecule is CCc1cnc(NC2CCCC(N)C2)nc1-c1cn(S(=O)(=O)c2ccccc2)c2ccccc12. The second-order valence-corrected chi connectivity index (χ2v) is 10.7. The lowest BCUT2D eigenvalue weighted by Gasteiger charge is -2.27. The molecule has 0 radical (unpaired) electrons. The highest BCUT2D eigenvalue weighted by molar-refractivity contribution is 7.90. The molecule has 1 saturated carbocycles. The largest absolute Gasteiger partial charge is 0.351 e. The van der Waals surface area contributed by atoms with Crippen molar-refractivity contribution in [2.24, 2.45) is 5.73 Å². The highest BCUT2D eigenvalue weighted by Gasteiger charge is 2.24. The predicted octanol–water partition coefficient (Wildman–Crippen LogP) is 4.58. The van der Waals surface area contributed by atoms with Crippen LogP contribution in [0, 0.1) is 0 Å². The van der Waals surface area contributed by atoms with Crippen LogP contribution in [-0.2, 0) is 16.4 Å². The van der Waals surface area contributed by atoms with Crippen LogP contribution in [0.25, 0.3) is 22.2 Å². The number of fused-ring (bicyclic) bond motifs is 1. The third-order valence-corrected chi connectivity index (χ3v) is 8.21. The first-order valence-corrected chi connectivity index (χ1v) is 13.2. The zero-order chi connectivity index (χ0) is 23.7. The van der Waals surface area contributed by atoms with E-state index in [2.05, 4.69) is 17.2 Å². The number of hydrogen-bond acceptors (Lipinski definition) is 6. The van der Waals surface area contributed by atoms with E-state index in [0.29, 0.717) is 11.5 Å². The first-order valence-electron chi connectivity index (χ1n) is 11.8.